The molecule has 1 aromatic rings. The minimum Gasteiger partial charge on any atom is -0.466 e. The van der Waals surface area contributed by atoms with E-state index in [1.807, 2.05) is 13.0 Å². The van der Waals surface area contributed by atoms with Crippen LogP contribution in [0.4, 0.5) is 0 Å². The monoisotopic (exact) mass is 219 g/mol. The van der Waals surface area contributed by atoms with E-state index in [-0.39, 0.29) is 5.97 Å². The number of carbonyl (C=O) groups is 1. The van der Waals surface area contributed by atoms with Gasteiger partial charge in [0.05, 0.1) is 13.0 Å². The number of fused-ring (bicyclic) bond motifs is 1. The number of ether oxygens (including phenoxy) is 1. The number of carbonyl (C=O) groups excluding carboxylic acids is 1. The quantitative estimate of drug-likeness (QED) is 0.782. The van der Waals surface area contributed by atoms with Crippen LogP contribution in [0.15, 0.2) is 18.2 Å². The molecule has 1 aromatic carbocycles. The van der Waals surface area contributed by atoms with Crippen molar-refractivity contribution in [3.8, 4) is 0 Å². The molecule has 1 aliphatic rings. The van der Waals surface area contributed by atoms with Crippen molar-refractivity contribution >= 4 is 5.97 Å². The Hall–Kier alpha value is -1.35. The molecule has 1 aliphatic heterocycles. The number of hydrogen-bond donors (Lipinski definition) is 1. The molecular weight excluding hydrogens is 202 g/mol. The molecule has 3 heteroatoms. The number of nitrogens with one attached hydrogen (secondary N) is 1. The Morgan fingerprint density at radius 2 is 2.31 bits per heavy atom. The molecule has 0 amide bonds. The summed E-state index contributed by atoms with van der Waals surface area (Å²) in [6.07, 6.45) is 1.45. The topological polar surface area (TPSA) is 38.3 Å². The van der Waals surface area contributed by atoms with Gasteiger partial charge in [-0.15, -0.1) is 0 Å². The highest BCUT2D eigenvalue weighted by molar-refractivity contribution is 5.72. The van der Waals surface area contributed by atoms with E-state index in [0.717, 1.165) is 25.1 Å². The SMILES string of the molecule is CCOC(=O)Cc1ccc2c(c1)CNCC2. The van der Waals surface area contributed by atoms with Crippen LogP contribution in [0.5, 0.6) is 0 Å². The van der Waals surface area contributed by atoms with Gasteiger partial charge in [-0.3, -0.25) is 4.79 Å². The molecule has 0 bridgehead atoms. The zero-order valence-corrected chi connectivity index (χ0v) is 9.58. The van der Waals surface area contributed by atoms with E-state index in [1.54, 1.807) is 0 Å². The van der Waals surface area contributed by atoms with Crippen molar-refractivity contribution < 1.29 is 9.53 Å². The molecule has 0 radical (unpaired) electrons. The van der Waals surface area contributed by atoms with Gasteiger partial charge >= 0.3 is 5.97 Å². The Morgan fingerprint density at radius 3 is 3.12 bits per heavy atom. The summed E-state index contributed by atoms with van der Waals surface area (Å²) in [5.74, 6) is -0.147. The summed E-state index contributed by atoms with van der Waals surface area (Å²) < 4.78 is 4.94. The minimum absolute atomic E-state index is 0.147. The Balaban J connectivity index is 2.08. The van der Waals surface area contributed by atoms with Gasteiger partial charge in [-0.2, -0.15) is 0 Å². The summed E-state index contributed by atoms with van der Waals surface area (Å²) in [4.78, 5) is 11.3. The zero-order chi connectivity index (χ0) is 11.4. The second-order valence-electron chi connectivity index (χ2n) is 4.01. The third-order valence-corrected chi connectivity index (χ3v) is 2.81. The number of hydrogen-bond acceptors (Lipinski definition) is 3. The maximum absolute atomic E-state index is 11.3. The van der Waals surface area contributed by atoms with Crippen molar-refractivity contribution in [3.05, 3.63) is 34.9 Å². The highest BCUT2D eigenvalue weighted by Crippen LogP contribution is 2.16. The van der Waals surface area contributed by atoms with Gasteiger partial charge in [-0.05, 0) is 36.6 Å². The van der Waals surface area contributed by atoms with Crippen LogP contribution in [0, 0.1) is 0 Å². The Bertz CT molecular complexity index is 388. The fourth-order valence-corrected chi connectivity index (χ4v) is 2.02. The van der Waals surface area contributed by atoms with Gasteiger partial charge in [-0.25, -0.2) is 0 Å². The first-order chi connectivity index (χ1) is 7.79. The summed E-state index contributed by atoms with van der Waals surface area (Å²) in [5, 5.41) is 3.33. The first kappa shape index (κ1) is 11.1. The molecule has 86 valence electrons. The predicted molar refractivity (Wildman–Crippen MR) is 62.2 cm³/mol. The molecule has 1 N–H and O–H groups in total. The lowest BCUT2D eigenvalue weighted by Gasteiger charge is -2.17. The molecule has 0 unspecified atom stereocenters. The van der Waals surface area contributed by atoms with E-state index >= 15 is 0 Å². The Kier molecular flexibility index (Phi) is 3.57. The lowest BCUT2D eigenvalue weighted by Crippen LogP contribution is -2.23. The second-order valence-corrected chi connectivity index (χ2v) is 4.01. The maximum atomic E-state index is 11.3. The number of rotatable bonds is 3. The smallest absolute Gasteiger partial charge is 0.310 e. The molecule has 1 heterocycles. The third-order valence-electron chi connectivity index (χ3n) is 2.81. The van der Waals surface area contributed by atoms with E-state index in [1.165, 1.54) is 11.1 Å². The highest BCUT2D eigenvalue weighted by Gasteiger charge is 2.10. The summed E-state index contributed by atoms with van der Waals surface area (Å²) in [7, 11) is 0. The molecule has 0 aliphatic carbocycles. The van der Waals surface area contributed by atoms with Gasteiger partial charge in [0.25, 0.3) is 0 Å². The summed E-state index contributed by atoms with van der Waals surface area (Å²) in [6.45, 7) is 4.23. The summed E-state index contributed by atoms with van der Waals surface area (Å²) in [5.41, 5.74) is 3.75. The molecule has 0 fully saturated rings. The first-order valence-corrected chi connectivity index (χ1v) is 5.76. The summed E-state index contributed by atoms with van der Waals surface area (Å²) >= 11 is 0. The van der Waals surface area contributed by atoms with Crippen LogP contribution in [-0.2, 0) is 28.9 Å². The molecule has 16 heavy (non-hydrogen) atoms. The molecule has 0 saturated carbocycles. The fourth-order valence-electron chi connectivity index (χ4n) is 2.02. The van der Waals surface area contributed by atoms with Crippen molar-refractivity contribution in [3.63, 3.8) is 0 Å². The van der Waals surface area contributed by atoms with Crippen LogP contribution in [0.2, 0.25) is 0 Å². The van der Waals surface area contributed by atoms with Gasteiger partial charge in [0.2, 0.25) is 0 Å². The molecule has 0 saturated heterocycles. The van der Waals surface area contributed by atoms with E-state index in [0.29, 0.717) is 13.0 Å². The lowest BCUT2D eigenvalue weighted by atomic mass is 9.97. The van der Waals surface area contributed by atoms with Gasteiger partial charge in [0, 0.05) is 6.54 Å². The Morgan fingerprint density at radius 1 is 1.44 bits per heavy atom. The molecule has 0 aromatic heterocycles. The van der Waals surface area contributed by atoms with Crippen LogP contribution in [-0.4, -0.2) is 19.1 Å². The van der Waals surface area contributed by atoms with E-state index < -0.39 is 0 Å². The minimum atomic E-state index is -0.147. The van der Waals surface area contributed by atoms with Crippen LogP contribution in [0.3, 0.4) is 0 Å². The van der Waals surface area contributed by atoms with Gasteiger partial charge in [0.15, 0.2) is 0 Å². The van der Waals surface area contributed by atoms with Crippen molar-refractivity contribution in [1.82, 2.24) is 5.32 Å². The zero-order valence-electron chi connectivity index (χ0n) is 9.58. The molecule has 0 spiro atoms. The second kappa shape index (κ2) is 5.12. The van der Waals surface area contributed by atoms with Crippen LogP contribution in [0.1, 0.15) is 23.6 Å². The summed E-state index contributed by atoms with van der Waals surface area (Å²) in [6, 6.07) is 6.27. The van der Waals surface area contributed by atoms with Crippen molar-refractivity contribution in [2.45, 2.75) is 26.3 Å². The standard InChI is InChI=1S/C13H17NO2/c1-2-16-13(15)8-10-3-4-11-5-6-14-9-12(11)7-10/h3-4,7,14H,2,5-6,8-9H2,1H3. The number of benzene rings is 1. The van der Waals surface area contributed by atoms with E-state index in [9.17, 15) is 4.79 Å². The van der Waals surface area contributed by atoms with Gasteiger partial charge < -0.3 is 10.1 Å². The lowest BCUT2D eigenvalue weighted by molar-refractivity contribution is -0.142. The van der Waals surface area contributed by atoms with E-state index in [2.05, 4.69) is 17.4 Å². The average molecular weight is 219 g/mol. The number of esters is 1. The van der Waals surface area contributed by atoms with Crippen molar-refractivity contribution in [2.75, 3.05) is 13.2 Å². The largest absolute Gasteiger partial charge is 0.466 e. The van der Waals surface area contributed by atoms with Crippen LogP contribution >= 0.6 is 0 Å². The maximum Gasteiger partial charge on any atom is 0.310 e. The van der Waals surface area contributed by atoms with Gasteiger partial charge in [-0.1, -0.05) is 18.2 Å². The molecule has 2 rings (SSSR count). The average Bonchev–Trinajstić information content (AvgIpc) is 2.29. The van der Waals surface area contributed by atoms with E-state index in [4.69, 9.17) is 4.74 Å². The predicted octanol–water partition coefficient (Wildman–Crippen LogP) is 1.44. The fraction of sp³-hybridized carbons (Fsp3) is 0.462. The normalized spacial score (nSPS) is 14.3. The van der Waals surface area contributed by atoms with Crippen LogP contribution in [0.25, 0.3) is 0 Å². The van der Waals surface area contributed by atoms with Crippen LogP contribution < -0.4 is 5.32 Å². The molecular formula is C13H17NO2. The molecule has 0 atom stereocenters. The third kappa shape index (κ3) is 2.61. The van der Waals surface area contributed by atoms with Crippen molar-refractivity contribution in [1.29, 1.82) is 0 Å². The first-order valence-electron chi connectivity index (χ1n) is 5.76. The van der Waals surface area contributed by atoms with Gasteiger partial charge in [0.1, 0.15) is 0 Å². The van der Waals surface area contributed by atoms with Crippen molar-refractivity contribution in [2.24, 2.45) is 0 Å². The molecule has 3 nitrogen and oxygen atoms in total. The Labute approximate surface area is 95.8 Å². The highest BCUT2D eigenvalue weighted by atomic mass is 16.5.